The molecule has 0 saturated carbocycles. The van der Waals surface area contributed by atoms with Crippen molar-refractivity contribution in [2.45, 2.75) is 0 Å². The van der Waals surface area contributed by atoms with E-state index in [2.05, 4.69) is 5.32 Å². The van der Waals surface area contributed by atoms with Crippen molar-refractivity contribution in [1.29, 1.82) is 0 Å². The molecule has 0 aliphatic carbocycles. The van der Waals surface area contributed by atoms with Gasteiger partial charge >= 0.3 is 12.0 Å². The highest BCUT2D eigenvalue weighted by atomic mass is 16.5. The zero-order valence-electron chi connectivity index (χ0n) is 13.0. The van der Waals surface area contributed by atoms with Crippen molar-refractivity contribution in [2.24, 2.45) is 5.73 Å². The monoisotopic (exact) mass is 341 g/mol. The highest BCUT2D eigenvalue weighted by Crippen LogP contribution is 2.17. The number of ether oxygens (including phenoxy) is 1. The van der Waals surface area contributed by atoms with Crippen LogP contribution < -0.4 is 16.4 Å². The molecule has 128 valence electrons. The van der Waals surface area contributed by atoms with Gasteiger partial charge in [0, 0.05) is 5.56 Å². The van der Waals surface area contributed by atoms with Crippen LogP contribution in [-0.2, 0) is 9.53 Å². The second-order valence-electron chi connectivity index (χ2n) is 4.85. The minimum Gasteiger partial charge on any atom is -0.452 e. The molecule has 0 saturated heterocycles. The van der Waals surface area contributed by atoms with E-state index in [1.165, 1.54) is 12.1 Å². The molecule has 2 aromatic rings. The van der Waals surface area contributed by atoms with E-state index in [4.69, 9.17) is 10.5 Å². The number of imide groups is 1. The minimum atomic E-state index is -1.04. The Balaban J connectivity index is 2.07. The Morgan fingerprint density at radius 1 is 0.920 bits per heavy atom. The molecule has 0 aliphatic heterocycles. The molecule has 4 amide bonds. The van der Waals surface area contributed by atoms with Crippen molar-refractivity contribution in [1.82, 2.24) is 5.32 Å². The Kier molecular flexibility index (Phi) is 5.83. The van der Waals surface area contributed by atoms with E-state index in [1.807, 2.05) is 0 Å². The number of nitrogens with two attached hydrogens (primary N) is 1. The van der Waals surface area contributed by atoms with Crippen LogP contribution in [0.5, 0.6) is 0 Å². The number of hydrogen-bond donors (Lipinski definition) is 3. The number of para-hydroxylation sites is 1. The zero-order valence-corrected chi connectivity index (χ0v) is 13.0. The number of hydrogen-bond acceptors (Lipinski definition) is 5. The molecule has 0 atom stereocenters. The lowest BCUT2D eigenvalue weighted by atomic mass is 10.1. The number of anilines is 1. The minimum absolute atomic E-state index is 0.0682. The van der Waals surface area contributed by atoms with Gasteiger partial charge in [0.25, 0.3) is 11.8 Å². The summed E-state index contributed by atoms with van der Waals surface area (Å²) >= 11 is 0. The van der Waals surface area contributed by atoms with E-state index in [-0.39, 0.29) is 11.3 Å². The van der Waals surface area contributed by atoms with Crippen molar-refractivity contribution < 1.29 is 23.9 Å². The van der Waals surface area contributed by atoms with E-state index in [1.54, 1.807) is 47.8 Å². The summed E-state index contributed by atoms with van der Waals surface area (Å²) in [5, 5.41) is 4.38. The number of amides is 4. The predicted molar refractivity (Wildman–Crippen MR) is 88.8 cm³/mol. The number of urea groups is 1. The average Bonchev–Trinajstić information content (AvgIpc) is 2.60. The Hall–Kier alpha value is -3.68. The molecule has 2 rings (SSSR count). The Morgan fingerprint density at radius 3 is 2.24 bits per heavy atom. The van der Waals surface area contributed by atoms with Gasteiger partial charge < -0.3 is 15.8 Å². The van der Waals surface area contributed by atoms with Crippen LogP contribution in [0.15, 0.2) is 54.6 Å². The van der Waals surface area contributed by atoms with Crippen molar-refractivity contribution in [3.63, 3.8) is 0 Å². The van der Waals surface area contributed by atoms with Gasteiger partial charge in [-0.15, -0.1) is 0 Å². The van der Waals surface area contributed by atoms with Gasteiger partial charge in [0.2, 0.25) is 0 Å². The summed E-state index contributed by atoms with van der Waals surface area (Å²) in [4.78, 5) is 46.1. The van der Waals surface area contributed by atoms with Crippen LogP contribution >= 0.6 is 0 Å². The van der Waals surface area contributed by atoms with Crippen molar-refractivity contribution in [3.05, 3.63) is 65.7 Å². The van der Waals surface area contributed by atoms with Gasteiger partial charge in [0.05, 0.1) is 11.3 Å². The fourth-order valence-electron chi connectivity index (χ4n) is 1.94. The van der Waals surface area contributed by atoms with Crippen molar-refractivity contribution >= 4 is 29.5 Å². The molecule has 0 aromatic heterocycles. The number of benzene rings is 2. The molecular formula is C17H15N3O5. The Labute approximate surface area is 143 Å². The zero-order chi connectivity index (χ0) is 18.2. The Bertz CT molecular complexity index is 805. The molecule has 4 N–H and O–H groups in total. The topological polar surface area (TPSA) is 128 Å². The summed E-state index contributed by atoms with van der Waals surface area (Å²) < 4.78 is 4.81. The SMILES string of the molecule is NC(=O)NC(=O)COC(=O)c1ccccc1NC(=O)c1ccccc1. The molecule has 0 radical (unpaired) electrons. The number of rotatable bonds is 5. The maximum atomic E-state index is 12.2. The largest absolute Gasteiger partial charge is 0.452 e. The highest BCUT2D eigenvalue weighted by molar-refractivity contribution is 6.08. The number of primary amides is 1. The molecule has 8 nitrogen and oxygen atoms in total. The van der Waals surface area contributed by atoms with Gasteiger partial charge in [-0.25, -0.2) is 9.59 Å². The smallest absolute Gasteiger partial charge is 0.340 e. The van der Waals surface area contributed by atoms with Crippen molar-refractivity contribution in [3.8, 4) is 0 Å². The van der Waals surface area contributed by atoms with Crippen LogP contribution in [0.3, 0.4) is 0 Å². The average molecular weight is 341 g/mol. The highest BCUT2D eigenvalue weighted by Gasteiger charge is 2.16. The lowest BCUT2D eigenvalue weighted by Gasteiger charge is -2.10. The quantitative estimate of drug-likeness (QED) is 0.706. The number of carbonyl (C=O) groups is 4. The van der Waals surface area contributed by atoms with Crippen LogP contribution in [0.4, 0.5) is 10.5 Å². The summed E-state index contributed by atoms with van der Waals surface area (Å²) in [5.74, 6) is -2.08. The second kappa shape index (κ2) is 8.25. The van der Waals surface area contributed by atoms with E-state index in [9.17, 15) is 19.2 Å². The van der Waals surface area contributed by atoms with E-state index in [0.717, 1.165) is 0 Å². The van der Waals surface area contributed by atoms with Gasteiger partial charge in [-0.2, -0.15) is 0 Å². The standard InChI is InChI=1S/C17H15N3O5/c18-17(24)20-14(21)10-25-16(23)12-8-4-5-9-13(12)19-15(22)11-6-2-1-3-7-11/h1-9H,10H2,(H,19,22)(H3,18,20,21,24). The lowest BCUT2D eigenvalue weighted by molar-refractivity contribution is -0.123. The van der Waals surface area contributed by atoms with Gasteiger partial charge in [-0.3, -0.25) is 14.9 Å². The third kappa shape index (κ3) is 5.17. The van der Waals surface area contributed by atoms with E-state index < -0.39 is 30.4 Å². The maximum Gasteiger partial charge on any atom is 0.340 e. The first kappa shape index (κ1) is 17.7. The van der Waals surface area contributed by atoms with Gasteiger partial charge in [-0.05, 0) is 24.3 Å². The first-order valence-corrected chi connectivity index (χ1v) is 7.19. The lowest BCUT2D eigenvalue weighted by Crippen LogP contribution is -2.37. The summed E-state index contributed by atoms with van der Waals surface area (Å²) in [5.41, 5.74) is 5.51. The third-order valence-corrected chi connectivity index (χ3v) is 3.03. The van der Waals surface area contributed by atoms with Crippen molar-refractivity contribution in [2.75, 3.05) is 11.9 Å². The first-order valence-electron chi connectivity index (χ1n) is 7.19. The summed E-state index contributed by atoms with van der Waals surface area (Å²) in [6, 6.07) is 13.6. The van der Waals surface area contributed by atoms with Gasteiger partial charge in [-0.1, -0.05) is 30.3 Å². The maximum absolute atomic E-state index is 12.2. The summed E-state index contributed by atoms with van der Waals surface area (Å²) in [6.45, 7) is -0.678. The summed E-state index contributed by atoms with van der Waals surface area (Å²) in [7, 11) is 0. The van der Waals surface area contributed by atoms with Crippen LogP contribution in [0.25, 0.3) is 0 Å². The molecule has 8 heteroatoms. The summed E-state index contributed by atoms with van der Waals surface area (Å²) in [6.07, 6.45) is 0. The molecule has 2 aromatic carbocycles. The molecule has 0 fully saturated rings. The Morgan fingerprint density at radius 2 is 1.56 bits per heavy atom. The number of esters is 1. The number of carbonyl (C=O) groups excluding carboxylic acids is 4. The first-order chi connectivity index (χ1) is 12.0. The molecule has 0 bridgehead atoms. The molecule has 0 unspecified atom stereocenters. The second-order valence-corrected chi connectivity index (χ2v) is 4.85. The molecule has 0 aliphatic rings. The normalized spacial score (nSPS) is 9.76. The van der Waals surface area contributed by atoms with Gasteiger partial charge in [0.15, 0.2) is 6.61 Å². The molecular weight excluding hydrogens is 326 g/mol. The van der Waals surface area contributed by atoms with Crippen LogP contribution in [-0.4, -0.2) is 30.4 Å². The van der Waals surface area contributed by atoms with Crippen LogP contribution in [0.2, 0.25) is 0 Å². The van der Waals surface area contributed by atoms with Crippen LogP contribution in [0, 0.1) is 0 Å². The molecule has 0 spiro atoms. The predicted octanol–water partition coefficient (Wildman–Crippen LogP) is 1.29. The van der Waals surface area contributed by atoms with Crippen LogP contribution in [0.1, 0.15) is 20.7 Å². The molecule has 0 heterocycles. The fourth-order valence-corrected chi connectivity index (χ4v) is 1.94. The van der Waals surface area contributed by atoms with E-state index >= 15 is 0 Å². The third-order valence-electron chi connectivity index (χ3n) is 3.03. The van der Waals surface area contributed by atoms with E-state index in [0.29, 0.717) is 5.56 Å². The fraction of sp³-hybridized carbons (Fsp3) is 0.0588. The number of nitrogens with one attached hydrogen (secondary N) is 2. The molecule has 25 heavy (non-hydrogen) atoms. The van der Waals surface area contributed by atoms with Gasteiger partial charge in [0.1, 0.15) is 0 Å².